The second-order valence-corrected chi connectivity index (χ2v) is 17.5. The Morgan fingerprint density at radius 3 is 1.80 bits per heavy atom. The third-order valence-corrected chi connectivity index (χ3v) is 8.26. The van der Waals surface area contributed by atoms with Crippen molar-refractivity contribution in [3.05, 3.63) is 77.8 Å². The van der Waals surface area contributed by atoms with Gasteiger partial charge < -0.3 is 4.84 Å². The van der Waals surface area contributed by atoms with E-state index in [-0.39, 0.29) is 9.49 Å². The van der Waals surface area contributed by atoms with Crippen LogP contribution in [0, 0.1) is 5.92 Å². The van der Waals surface area contributed by atoms with Crippen molar-refractivity contribution in [1.82, 2.24) is 9.71 Å². The van der Waals surface area contributed by atoms with Crippen molar-refractivity contribution in [1.29, 1.82) is 0 Å². The quantitative estimate of drug-likeness (QED) is 0.118. The number of imidazole rings is 1. The van der Waals surface area contributed by atoms with Crippen LogP contribution in [0.1, 0.15) is 75.2 Å². The molecule has 218 valence electrons. The molecular weight excluding hydrogens is 595 g/mol. The topological polar surface area (TPSA) is 27.1 Å². The molecule has 0 aliphatic heterocycles. The number of rotatable bonds is 11. The van der Waals surface area contributed by atoms with Gasteiger partial charge in [0.2, 0.25) is 6.71 Å². The van der Waals surface area contributed by atoms with Crippen molar-refractivity contribution in [3.63, 3.8) is 0 Å². The summed E-state index contributed by atoms with van der Waals surface area (Å²) in [4.78, 5) is 11.9. The lowest BCUT2D eigenvalue weighted by Gasteiger charge is -2.20. The normalized spacial score (nSPS) is 12.2. The third kappa shape index (κ3) is 14.9. The second-order valence-electron chi connectivity index (χ2n) is 12.4. The number of thioether (sulfide) groups is 2. The fourth-order valence-corrected chi connectivity index (χ4v) is 6.12. The Kier molecular flexibility index (Phi) is 14.5. The number of halogens is 1. The van der Waals surface area contributed by atoms with E-state index in [9.17, 15) is 0 Å². The molecular formula is C33H48BBrN2OS2. The summed E-state index contributed by atoms with van der Waals surface area (Å²) < 4.78 is 3.30. The second kappa shape index (κ2) is 16.8. The highest BCUT2D eigenvalue weighted by Crippen LogP contribution is 2.32. The first-order chi connectivity index (χ1) is 18.7. The van der Waals surface area contributed by atoms with Crippen LogP contribution < -0.4 is 15.8 Å². The average Bonchev–Trinajstić information content (AvgIpc) is 3.36. The minimum Gasteiger partial charge on any atom is -0.413 e. The largest absolute Gasteiger partial charge is 0.413 e. The number of allylic oxidation sites excluding steroid dienone is 2. The maximum absolute atomic E-state index is 5.35. The number of hydrogen-bond donors (Lipinski definition) is 0. The molecule has 0 saturated carbocycles. The van der Waals surface area contributed by atoms with Gasteiger partial charge in [0.05, 0.1) is 6.20 Å². The van der Waals surface area contributed by atoms with E-state index in [0.717, 1.165) is 25.3 Å². The van der Waals surface area contributed by atoms with Crippen LogP contribution in [0.4, 0.5) is 0 Å². The summed E-state index contributed by atoms with van der Waals surface area (Å²) in [6.45, 7) is 21.2. The Hall–Kier alpha value is -1.57. The minimum absolute atomic E-state index is 0.233. The molecule has 1 aromatic heterocycles. The Morgan fingerprint density at radius 1 is 0.925 bits per heavy atom. The molecule has 0 atom stereocenters. The van der Waals surface area contributed by atoms with Crippen LogP contribution in [0.25, 0.3) is 0 Å². The first kappa shape index (κ1) is 34.6. The minimum atomic E-state index is 0.233. The lowest BCUT2D eigenvalue weighted by Crippen LogP contribution is -2.41. The Balaban J connectivity index is 0.000000389. The Labute approximate surface area is 261 Å². The van der Waals surface area contributed by atoms with Crippen LogP contribution >= 0.6 is 39.5 Å². The summed E-state index contributed by atoms with van der Waals surface area (Å²) in [6, 6.07) is 18.3. The fourth-order valence-electron chi connectivity index (χ4n) is 3.97. The van der Waals surface area contributed by atoms with E-state index in [1.807, 2.05) is 23.5 Å². The van der Waals surface area contributed by atoms with Crippen molar-refractivity contribution < 1.29 is 4.84 Å². The highest BCUT2D eigenvalue weighted by molar-refractivity contribution is 9.11. The highest BCUT2D eigenvalue weighted by Gasteiger charge is 2.20. The summed E-state index contributed by atoms with van der Waals surface area (Å²) in [5.41, 5.74) is 2.75. The highest BCUT2D eigenvalue weighted by atomic mass is 79.9. The lowest BCUT2D eigenvalue weighted by molar-refractivity contribution is 0.104. The molecule has 2 aromatic carbocycles. The smallest absolute Gasteiger partial charge is 0.213 e. The van der Waals surface area contributed by atoms with Crippen molar-refractivity contribution in [2.75, 3.05) is 6.61 Å². The summed E-state index contributed by atoms with van der Waals surface area (Å²) in [6.07, 6.45) is 10.8. The van der Waals surface area contributed by atoms with Gasteiger partial charge in [0, 0.05) is 25.5 Å². The molecule has 0 saturated heterocycles. The van der Waals surface area contributed by atoms with E-state index in [2.05, 4.69) is 138 Å². The zero-order valence-electron chi connectivity index (χ0n) is 25.9. The van der Waals surface area contributed by atoms with Crippen LogP contribution in [-0.4, -0.2) is 32.5 Å². The van der Waals surface area contributed by atoms with E-state index in [0.29, 0.717) is 6.71 Å². The molecule has 0 N–H and O–H groups in total. The van der Waals surface area contributed by atoms with Gasteiger partial charge in [-0.15, -0.1) is 23.5 Å². The van der Waals surface area contributed by atoms with Gasteiger partial charge >= 0.3 is 0 Å². The summed E-state index contributed by atoms with van der Waals surface area (Å²) >= 11 is 7.43. The number of nitrogens with zero attached hydrogens (tertiary/aromatic N) is 2. The summed E-state index contributed by atoms with van der Waals surface area (Å²) in [7, 11) is 0. The molecule has 3 aromatic rings. The molecule has 7 heteroatoms. The van der Waals surface area contributed by atoms with Gasteiger partial charge in [-0.2, -0.15) is 4.73 Å². The summed E-state index contributed by atoms with van der Waals surface area (Å²) in [5, 5.41) is 0. The molecule has 40 heavy (non-hydrogen) atoms. The zero-order chi connectivity index (χ0) is 29.8. The van der Waals surface area contributed by atoms with Gasteiger partial charge in [0.1, 0.15) is 12.9 Å². The van der Waals surface area contributed by atoms with Crippen LogP contribution in [-0.2, 0) is 0 Å². The van der Waals surface area contributed by atoms with E-state index in [1.165, 1.54) is 31.6 Å². The van der Waals surface area contributed by atoms with Crippen LogP contribution in [0.15, 0.2) is 87.6 Å². The van der Waals surface area contributed by atoms with Gasteiger partial charge in [-0.05, 0) is 60.8 Å². The maximum Gasteiger partial charge on any atom is 0.213 e. The molecule has 0 unspecified atom stereocenters. The van der Waals surface area contributed by atoms with E-state index in [1.54, 1.807) is 23.5 Å². The monoisotopic (exact) mass is 642 g/mol. The Bertz CT molecular complexity index is 1070. The van der Waals surface area contributed by atoms with Crippen LogP contribution in [0.5, 0.6) is 0 Å². The SMILES string of the molecule is CC(Br)=CCB(c1ccc(SC(C)(C)C)cc1)c1ccc(SC(C)(C)C)cc1.CC(C)CCCOn1ccnc1. The predicted octanol–water partition coefficient (Wildman–Crippen LogP) is 9.12. The molecule has 0 fully saturated rings. The molecule has 0 aliphatic rings. The Morgan fingerprint density at radius 2 is 1.43 bits per heavy atom. The predicted molar refractivity (Wildman–Crippen MR) is 184 cm³/mol. The zero-order valence-corrected chi connectivity index (χ0v) is 29.1. The fraction of sp³-hybridized carbons (Fsp3) is 0.485. The molecule has 0 aliphatic carbocycles. The van der Waals surface area contributed by atoms with Crippen molar-refractivity contribution in [2.45, 2.75) is 101 Å². The third-order valence-electron chi connectivity index (χ3n) is 5.69. The van der Waals surface area contributed by atoms with Crippen LogP contribution in [0.3, 0.4) is 0 Å². The average molecular weight is 644 g/mol. The van der Waals surface area contributed by atoms with Crippen LogP contribution in [0.2, 0.25) is 6.32 Å². The first-order valence-corrected chi connectivity index (χ1v) is 16.7. The number of aromatic nitrogens is 2. The molecule has 0 bridgehead atoms. The molecule has 3 rings (SSSR count). The lowest BCUT2D eigenvalue weighted by atomic mass is 9.39. The molecule has 0 spiro atoms. The number of hydrogen-bond acceptors (Lipinski definition) is 4. The molecule has 0 amide bonds. The molecule has 1 heterocycles. The van der Waals surface area contributed by atoms with Crippen molar-refractivity contribution >= 4 is 57.1 Å². The van der Waals surface area contributed by atoms with Gasteiger partial charge in [-0.25, -0.2) is 4.98 Å². The van der Waals surface area contributed by atoms with E-state index in [4.69, 9.17) is 4.84 Å². The van der Waals surface area contributed by atoms with E-state index >= 15 is 0 Å². The number of benzene rings is 2. The van der Waals surface area contributed by atoms with E-state index < -0.39 is 0 Å². The first-order valence-electron chi connectivity index (χ1n) is 14.2. The summed E-state index contributed by atoms with van der Waals surface area (Å²) in [5.74, 6) is 0.761. The van der Waals surface area contributed by atoms with Crippen molar-refractivity contribution in [2.24, 2.45) is 5.92 Å². The maximum atomic E-state index is 5.35. The van der Waals surface area contributed by atoms with Gasteiger partial charge in [0.15, 0.2) is 0 Å². The molecule has 3 nitrogen and oxygen atoms in total. The van der Waals surface area contributed by atoms with Gasteiger partial charge in [-0.3, -0.25) is 0 Å². The van der Waals surface area contributed by atoms with Crippen molar-refractivity contribution in [3.8, 4) is 0 Å². The standard InChI is InChI=1S/C24H32BBrS2.C9H16N2O/c1-18(26)16-17-25(19-8-12-21(13-9-19)27-23(2,3)4)20-10-14-22(15-11-20)28-24(5,6)7;1-9(2)4-3-7-12-11-6-5-10-8-11/h8-16H,17H2,1-7H3;5-6,8-9H,3-4,7H2,1-2H3. The van der Waals surface area contributed by atoms with Gasteiger partial charge in [-0.1, -0.05) is 113 Å². The molecule has 0 radical (unpaired) electrons. The van der Waals surface area contributed by atoms with Gasteiger partial charge in [0.25, 0.3) is 0 Å².